The molecule has 1 fully saturated rings. The van der Waals surface area contributed by atoms with Crippen LogP contribution in [0.5, 0.6) is 0 Å². The van der Waals surface area contributed by atoms with Crippen molar-refractivity contribution in [3.05, 3.63) is 73.3 Å². The zero-order valence-corrected chi connectivity index (χ0v) is 19.1. The SMILES string of the molecule is C=CC(=O)N(C)[C@H]1C[C@@H](n2nc(-c3ccc(C(=O)Nc4ccccc4)nc3)c3c(N)ncnc32)C1. The van der Waals surface area contributed by atoms with Gasteiger partial charge in [-0.25, -0.2) is 14.6 Å². The van der Waals surface area contributed by atoms with Crippen LogP contribution in [0, 0.1) is 0 Å². The van der Waals surface area contributed by atoms with Crippen LogP contribution in [0.15, 0.2) is 67.6 Å². The molecule has 5 rings (SSSR count). The Hall–Kier alpha value is -4.60. The van der Waals surface area contributed by atoms with E-state index in [4.69, 9.17) is 10.8 Å². The molecule has 1 aromatic carbocycles. The maximum Gasteiger partial charge on any atom is 0.274 e. The fourth-order valence-corrected chi connectivity index (χ4v) is 4.24. The fraction of sp³-hybridized carbons (Fsp3) is 0.200. The summed E-state index contributed by atoms with van der Waals surface area (Å²) in [6.45, 7) is 3.55. The number of hydrogen-bond acceptors (Lipinski definition) is 7. The molecule has 0 aliphatic heterocycles. The quantitative estimate of drug-likeness (QED) is 0.416. The number of anilines is 2. The van der Waals surface area contributed by atoms with Gasteiger partial charge < -0.3 is 16.0 Å². The van der Waals surface area contributed by atoms with E-state index in [1.54, 1.807) is 30.3 Å². The third-order valence-electron chi connectivity index (χ3n) is 6.32. The molecule has 0 spiro atoms. The molecule has 35 heavy (non-hydrogen) atoms. The molecule has 3 aromatic heterocycles. The van der Waals surface area contributed by atoms with Crippen molar-refractivity contribution in [2.45, 2.75) is 24.9 Å². The summed E-state index contributed by atoms with van der Waals surface area (Å²) >= 11 is 0. The lowest BCUT2D eigenvalue weighted by Crippen LogP contribution is -2.45. The van der Waals surface area contributed by atoms with Crippen LogP contribution in [0.4, 0.5) is 11.5 Å². The van der Waals surface area contributed by atoms with E-state index >= 15 is 0 Å². The minimum atomic E-state index is -0.306. The average Bonchev–Trinajstić information content (AvgIpc) is 3.24. The molecule has 0 unspecified atom stereocenters. The van der Waals surface area contributed by atoms with E-state index in [9.17, 15) is 9.59 Å². The van der Waals surface area contributed by atoms with Crippen molar-refractivity contribution in [2.75, 3.05) is 18.1 Å². The Morgan fingerprint density at radius 2 is 1.91 bits per heavy atom. The van der Waals surface area contributed by atoms with Gasteiger partial charge in [-0.15, -0.1) is 0 Å². The Morgan fingerprint density at radius 1 is 1.14 bits per heavy atom. The summed E-state index contributed by atoms with van der Waals surface area (Å²) in [6.07, 6.45) is 5.82. The van der Waals surface area contributed by atoms with Crippen molar-refractivity contribution >= 4 is 34.4 Å². The number of fused-ring (bicyclic) bond motifs is 1. The van der Waals surface area contributed by atoms with Gasteiger partial charge in [-0.2, -0.15) is 5.10 Å². The third-order valence-corrected chi connectivity index (χ3v) is 6.32. The second-order valence-corrected chi connectivity index (χ2v) is 8.44. The van der Waals surface area contributed by atoms with E-state index in [2.05, 4.69) is 26.8 Å². The molecule has 0 saturated heterocycles. The number of benzene rings is 1. The zero-order chi connectivity index (χ0) is 24.5. The summed E-state index contributed by atoms with van der Waals surface area (Å²) in [5, 5.41) is 8.27. The average molecular weight is 469 g/mol. The molecule has 3 heterocycles. The van der Waals surface area contributed by atoms with Gasteiger partial charge in [0.2, 0.25) is 5.91 Å². The Bertz CT molecular complexity index is 1410. The monoisotopic (exact) mass is 468 g/mol. The van der Waals surface area contributed by atoms with E-state index in [-0.39, 0.29) is 29.6 Å². The predicted octanol–water partition coefficient (Wildman–Crippen LogP) is 3.07. The lowest BCUT2D eigenvalue weighted by atomic mass is 9.85. The standard InChI is InChI=1S/C25H24N8O2/c1-3-20(34)32(2)17-11-18(12-17)33-24-21(23(26)28-14-29-24)22(31-33)15-9-10-19(27-13-15)25(35)30-16-7-5-4-6-8-16/h3-10,13-14,17-18H,1,11-12H2,2H3,(H,30,35)(H2,26,28,29)/t17-,18+. The summed E-state index contributed by atoms with van der Waals surface area (Å²) in [5.41, 5.74) is 9.10. The summed E-state index contributed by atoms with van der Waals surface area (Å²) < 4.78 is 1.85. The number of amides is 2. The molecule has 0 atom stereocenters. The Labute approximate surface area is 201 Å². The maximum absolute atomic E-state index is 12.6. The number of carbonyl (C=O) groups is 2. The normalized spacial score (nSPS) is 16.9. The number of nitrogen functional groups attached to an aromatic ring is 1. The van der Waals surface area contributed by atoms with Crippen LogP contribution in [0.25, 0.3) is 22.3 Å². The van der Waals surface area contributed by atoms with Crippen LogP contribution in [0.1, 0.15) is 29.4 Å². The van der Waals surface area contributed by atoms with Gasteiger partial charge in [0.05, 0.1) is 11.4 Å². The van der Waals surface area contributed by atoms with E-state index < -0.39 is 0 Å². The van der Waals surface area contributed by atoms with Gasteiger partial charge in [0.1, 0.15) is 23.5 Å². The van der Waals surface area contributed by atoms with E-state index in [1.165, 1.54) is 12.4 Å². The van der Waals surface area contributed by atoms with Crippen LogP contribution in [-0.4, -0.2) is 54.5 Å². The van der Waals surface area contributed by atoms with Crippen LogP contribution < -0.4 is 11.1 Å². The minimum absolute atomic E-state index is 0.0643. The van der Waals surface area contributed by atoms with Gasteiger partial charge in [0, 0.05) is 30.5 Å². The second kappa shape index (κ2) is 8.98. The van der Waals surface area contributed by atoms with Crippen LogP contribution in [-0.2, 0) is 4.79 Å². The molecular weight excluding hydrogens is 444 g/mol. The first-order chi connectivity index (χ1) is 17.0. The number of rotatable bonds is 6. The number of aromatic nitrogens is 5. The molecule has 3 N–H and O–H groups in total. The fourth-order valence-electron chi connectivity index (χ4n) is 4.24. The van der Waals surface area contributed by atoms with Gasteiger partial charge in [-0.05, 0) is 43.2 Å². The van der Waals surface area contributed by atoms with Crippen LogP contribution in [0.3, 0.4) is 0 Å². The van der Waals surface area contributed by atoms with E-state index in [0.29, 0.717) is 33.8 Å². The van der Waals surface area contributed by atoms with Crippen LogP contribution >= 0.6 is 0 Å². The molecule has 0 radical (unpaired) electrons. The number of pyridine rings is 1. The number of nitrogens with one attached hydrogen (secondary N) is 1. The Morgan fingerprint density at radius 3 is 2.60 bits per heavy atom. The van der Waals surface area contributed by atoms with E-state index in [0.717, 1.165) is 12.8 Å². The van der Waals surface area contributed by atoms with Crippen molar-refractivity contribution in [3.8, 4) is 11.3 Å². The summed E-state index contributed by atoms with van der Waals surface area (Å²) in [6, 6.07) is 12.8. The van der Waals surface area contributed by atoms with Gasteiger partial charge in [0.25, 0.3) is 5.91 Å². The molecule has 176 valence electrons. The molecule has 4 aromatic rings. The topological polar surface area (TPSA) is 132 Å². The van der Waals surface area contributed by atoms with Crippen molar-refractivity contribution < 1.29 is 9.59 Å². The lowest BCUT2D eigenvalue weighted by Gasteiger charge is -2.40. The molecule has 10 heteroatoms. The van der Waals surface area contributed by atoms with Crippen molar-refractivity contribution in [1.29, 1.82) is 0 Å². The molecule has 1 aliphatic carbocycles. The number of hydrogen-bond donors (Lipinski definition) is 2. The van der Waals surface area contributed by atoms with Gasteiger partial charge in [0.15, 0.2) is 5.65 Å². The Kier molecular flexibility index (Phi) is 5.69. The van der Waals surface area contributed by atoms with E-state index in [1.807, 2.05) is 35.0 Å². The molecule has 0 bridgehead atoms. The number of carbonyl (C=O) groups excluding carboxylic acids is 2. The maximum atomic E-state index is 12.6. The minimum Gasteiger partial charge on any atom is -0.383 e. The van der Waals surface area contributed by atoms with Gasteiger partial charge in [-0.3, -0.25) is 14.6 Å². The number of nitrogens with zero attached hydrogens (tertiary/aromatic N) is 6. The predicted molar refractivity (Wildman–Crippen MR) is 132 cm³/mol. The molecular formula is C25H24N8O2. The zero-order valence-electron chi connectivity index (χ0n) is 19.1. The largest absolute Gasteiger partial charge is 0.383 e. The lowest BCUT2D eigenvalue weighted by molar-refractivity contribution is -0.129. The first-order valence-corrected chi connectivity index (χ1v) is 11.2. The highest BCUT2D eigenvalue weighted by Gasteiger charge is 2.37. The second-order valence-electron chi connectivity index (χ2n) is 8.44. The first-order valence-electron chi connectivity index (χ1n) is 11.2. The van der Waals surface area contributed by atoms with Crippen molar-refractivity contribution in [3.63, 3.8) is 0 Å². The molecule has 1 aliphatic rings. The number of nitrogens with two attached hydrogens (primary N) is 1. The summed E-state index contributed by atoms with van der Waals surface area (Å²) in [7, 11) is 1.78. The molecule has 1 saturated carbocycles. The molecule has 10 nitrogen and oxygen atoms in total. The smallest absolute Gasteiger partial charge is 0.274 e. The van der Waals surface area contributed by atoms with Crippen molar-refractivity contribution in [1.82, 2.24) is 29.6 Å². The summed E-state index contributed by atoms with van der Waals surface area (Å²) in [4.78, 5) is 39.1. The Balaban J connectivity index is 1.42. The highest BCUT2D eigenvalue weighted by Crippen LogP contribution is 2.39. The first kappa shape index (κ1) is 22.2. The van der Waals surface area contributed by atoms with Crippen molar-refractivity contribution in [2.24, 2.45) is 0 Å². The highest BCUT2D eigenvalue weighted by atomic mass is 16.2. The highest BCUT2D eigenvalue weighted by molar-refractivity contribution is 6.03. The summed E-state index contributed by atoms with van der Waals surface area (Å²) in [5.74, 6) is -0.0924. The van der Waals surface area contributed by atoms with Gasteiger partial charge in [-0.1, -0.05) is 24.8 Å². The van der Waals surface area contributed by atoms with Crippen LogP contribution in [0.2, 0.25) is 0 Å². The molecule has 2 amide bonds. The third kappa shape index (κ3) is 4.10. The number of likely N-dealkylation sites (N-methyl/N-ethyl adjacent to an activating group) is 1. The number of para-hydroxylation sites is 1. The van der Waals surface area contributed by atoms with Gasteiger partial charge >= 0.3 is 0 Å².